The highest BCUT2D eigenvalue weighted by Gasteiger charge is 2.29. The number of carbonyl (C=O) groups is 3. The third-order valence-electron chi connectivity index (χ3n) is 8.90. The standard InChI is InChI=1S/C36H50FN7O6/c1-7-23(2)34-36(47)39-24(3)35-40-31(19-25-11-14-28(48-4)30(18-25)50-6)42-44(35)22-33(46)38-15-9-17-43(16-8-10-32(45)41-34)21-26-12-13-27(37)20-29(26)49-5/h11-14,18,20,23-24,34H,7-10,15-17,19,21-22H2,1-6H3,(H,38,46)(H,39,47)(H,41,45)/t23-,24+,34-/m0/s1. The molecule has 0 spiro atoms. The summed E-state index contributed by atoms with van der Waals surface area (Å²) in [6, 6.07) is 8.61. The molecule has 14 heteroatoms. The summed E-state index contributed by atoms with van der Waals surface area (Å²) in [4.78, 5) is 47.0. The van der Waals surface area contributed by atoms with E-state index in [9.17, 15) is 18.8 Å². The molecule has 0 unspecified atom stereocenters. The fraction of sp³-hybridized carbons (Fsp3) is 0.528. The number of benzene rings is 2. The van der Waals surface area contributed by atoms with Crippen LogP contribution in [0, 0.1) is 11.7 Å². The number of methoxy groups -OCH3 is 3. The van der Waals surface area contributed by atoms with E-state index in [0.717, 1.165) is 11.1 Å². The molecule has 2 aromatic carbocycles. The number of nitrogens with zero attached hydrogens (tertiary/aromatic N) is 4. The van der Waals surface area contributed by atoms with E-state index in [1.807, 2.05) is 26.0 Å². The molecule has 0 aliphatic carbocycles. The summed E-state index contributed by atoms with van der Waals surface area (Å²) in [6.45, 7) is 7.64. The summed E-state index contributed by atoms with van der Waals surface area (Å²) in [5, 5.41) is 13.6. The Kier molecular flexibility index (Phi) is 14.0. The molecule has 3 N–H and O–H groups in total. The fourth-order valence-corrected chi connectivity index (χ4v) is 5.95. The Balaban J connectivity index is 1.59. The van der Waals surface area contributed by atoms with Gasteiger partial charge in [-0.3, -0.25) is 19.3 Å². The quantitative estimate of drug-likeness (QED) is 0.306. The van der Waals surface area contributed by atoms with E-state index in [1.165, 1.54) is 23.9 Å². The molecule has 0 fully saturated rings. The molecule has 272 valence electrons. The van der Waals surface area contributed by atoms with Crippen LogP contribution in [-0.2, 0) is 33.9 Å². The number of fused-ring (bicyclic) bond motifs is 1. The summed E-state index contributed by atoms with van der Waals surface area (Å²) in [6.07, 6.45) is 2.42. The molecular formula is C36H50FN7O6. The highest BCUT2D eigenvalue weighted by atomic mass is 19.1. The molecule has 3 atom stereocenters. The zero-order valence-corrected chi connectivity index (χ0v) is 29.9. The molecule has 0 saturated carbocycles. The highest BCUT2D eigenvalue weighted by Crippen LogP contribution is 2.28. The predicted molar refractivity (Wildman–Crippen MR) is 185 cm³/mol. The largest absolute Gasteiger partial charge is 0.496 e. The lowest BCUT2D eigenvalue weighted by Gasteiger charge is -2.26. The summed E-state index contributed by atoms with van der Waals surface area (Å²) in [7, 11) is 4.64. The van der Waals surface area contributed by atoms with Crippen molar-refractivity contribution in [1.29, 1.82) is 0 Å². The second kappa shape index (κ2) is 18.3. The van der Waals surface area contributed by atoms with Gasteiger partial charge in [0.25, 0.3) is 0 Å². The van der Waals surface area contributed by atoms with Gasteiger partial charge in [-0.1, -0.05) is 32.4 Å². The number of nitrogens with one attached hydrogen (secondary N) is 3. The number of halogens is 1. The summed E-state index contributed by atoms with van der Waals surface area (Å²) >= 11 is 0. The molecule has 3 amide bonds. The number of aromatic nitrogens is 3. The first kappa shape index (κ1) is 38.1. The van der Waals surface area contributed by atoms with Crippen LogP contribution in [0.25, 0.3) is 0 Å². The van der Waals surface area contributed by atoms with Crippen molar-refractivity contribution in [3.63, 3.8) is 0 Å². The van der Waals surface area contributed by atoms with Gasteiger partial charge in [-0.25, -0.2) is 14.1 Å². The molecule has 0 saturated heterocycles. The van der Waals surface area contributed by atoms with Gasteiger partial charge in [0.05, 0.1) is 27.4 Å². The lowest BCUT2D eigenvalue weighted by Crippen LogP contribution is -2.51. The van der Waals surface area contributed by atoms with Crippen molar-refractivity contribution in [1.82, 2.24) is 35.6 Å². The molecule has 2 heterocycles. The van der Waals surface area contributed by atoms with Crippen LogP contribution >= 0.6 is 0 Å². The molecule has 4 rings (SSSR count). The first-order valence-corrected chi connectivity index (χ1v) is 17.1. The van der Waals surface area contributed by atoms with Crippen LogP contribution in [0.5, 0.6) is 17.2 Å². The average Bonchev–Trinajstić information content (AvgIpc) is 3.50. The lowest BCUT2D eigenvalue weighted by molar-refractivity contribution is -0.130. The van der Waals surface area contributed by atoms with Crippen molar-refractivity contribution in [2.45, 2.75) is 78.0 Å². The first-order chi connectivity index (χ1) is 24.0. The summed E-state index contributed by atoms with van der Waals surface area (Å²) in [5.74, 6) is 1.17. The second-order valence-electron chi connectivity index (χ2n) is 12.6. The summed E-state index contributed by atoms with van der Waals surface area (Å²) < 4.78 is 31.6. The number of hydrogen-bond acceptors (Lipinski definition) is 9. The second-order valence-corrected chi connectivity index (χ2v) is 12.6. The number of rotatable bonds is 9. The lowest BCUT2D eigenvalue weighted by atomic mass is 9.97. The Morgan fingerprint density at radius 3 is 2.40 bits per heavy atom. The minimum absolute atomic E-state index is 0.101. The van der Waals surface area contributed by atoms with Crippen LogP contribution < -0.4 is 30.2 Å². The van der Waals surface area contributed by atoms with Crippen molar-refractivity contribution < 1.29 is 33.0 Å². The Morgan fingerprint density at radius 1 is 0.940 bits per heavy atom. The molecule has 50 heavy (non-hydrogen) atoms. The van der Waals surface area contributed by atoms with Gasteiger partial charge in [0.15, 0.2) is 17.3 Å². The van der Waals surface area contributed by atoms with Crippen LogP contribution in [0.15, 0.2) is 36.4 Å². The van der Waals surface area contributed by atoms with E-state index in [1.54, 1.807) is 33.3 Å². The zero-order valence-electron chi connectivity index (χ0n) is 29.9. The number of ether oxygens (including phenoxy) is 3. The van der Waals surface area contributed by atoms with E-state index in [2.05, 4.69) is 25.9 Å². The van der Waals surface area contributed by atoms with Gasteiger partial charge in [-0.2, -0.15) is 5.10 Å². The molecule has 13 nitrogen and oxygen atoms in total. The van der Waals surface area contributed by atoms with Gasteiger partial charge in [0.2, 0.25) is 17.7 Å². The SMILES string of the molecule is CC[C@H](C)[C@@H]1NC(=O)CCCN(Cc2ccc(F)cc2OC)CCCNC(=O)Cn2nc(Cc3ccc(OC)c(OC)c3)nc2[C@@H](C)NC1=O. The Morgan fingerprint density at radius 2 is 1.68 bits per heavy atom. The number of hydrogen-bond donors (Lipinski definition) is 3. The molecule has 0 radical (unpaired) electrons. The normalized spacial score (nSPS) is 19.2. The minimum Gasteiger partial charge on any atom is -0.496 e. The maximum Gasteiger partial charge on any atom is 0.243 e. The Labute approximate surface area is 293 Å². The van der Waals surface area contributed by atoms with Crippen LogP contribution in [0.1, 0.15) is 75.3 Å². The highest BCUT2D eigenvalue weighted by molar-refractivity contribution is 5.88. The van der Waals surface area contributed by atoms with Crippen LogP contribution in [0.4, 0.5) is 4.39 Å². The van der Waals surface area contributed by atoms with E-state index in [-0.39, 0.29) is 42.4 Å². The number of carbonyl (C=O) groups excluding carboxylic acids is 3. The van der Waals surface area contributed by atoms with Gasteiger partial charge < -0.3 is 30.2 Å². The fourth-order valence-electron chi connectivity index (χ4n) is 5.95. The van der Waals surface area contributed by atoms with Crippen LogP contribution in [-0.4, -0.2) is 84.4 Å². The van der Waals surface area contributed by atoms with Gasteiger partial charge in [0.1, 0.15) is 30.0 Å². The monoisotopic (exact) mass is 695 g/mol. The third-order valence-corrected chi connectivity index (χ3v) is 8.90. The zero-order chi connectivity index (χ0) is 36.2. The van der Waals surface area contributed by atoms with E-state index in [4.69, 9.17) is 19.2 Å². The van der Waals surface area contributed by atoms with Crippen molar-refractivity contribution in [2.75, 3.05) is 41.0 Å². The molecular weight excluding hydrogens is 645 g/mol. The Bertz CT molecular complexity index is 1620. The topological polar surface area (TPSA) is 149 Å². The van der Waals surface area contributed by atoms with Gasteiger partial charge in [-0.05, 0) is 56.0 Å². The maximum absolute atomic E-state index is 13.9. The maximum atomic E-state index is 13.9. The molecule has 1 aliphatic rings. The van der Waals surface area contributed by atoms with Crippen molar-refractivity contribution in [2.24, 2.45) is 5.92 Å². The molecule has 1 aromatic heterocycles. The van der Waals surface area contributed by atoms with Crippen LogP contribution in [0.3, 0.4) is 0 Å². The van der Waals surface area contributed by atoms with Crippen LogP contribution in [0.2, 0.25) is 0 Å². The minimum atomic E-state index is -0.765. The molecule has 0 bridgehead atoms. The van der Waals surface area contributed by atoms with Gasteiger partial charge in [0, 0.05) is 44.1 Å². The van der Waals surface area contributed by atoms with E-state index >= 15 is 0 Å². The van der Waals surface area contributed by atoms with Gasteiger partial charge >= 0.3 is 0 Å². The molecule has 1 aliphatic heterocycles. The Hall–Kier alpha value is -4.72. The van der Waals surface area contributed by atoms with Gasteiger partial charge in [-0.15, -0.1) is 0 Å². The number of amides is 3. The third kappa shape index (κ3) is 10.4. The summed E-state index contributed by atoms with van der Waals surface area (Å²) in [5.41, 5.74) is 1.69. The smallest absolute Gasteiger partial charge is 0.243 e. The van der Waals surface area contributed by atoms with Crippen molar-refractivity contribution >= 4 is 17.7 Å². The van der Waals surface area contributed by atoms with E-state index < -0.39 is 12.1 Å². The van der Waals surface area contributed by atoms with E-state index in [0.29, 0.717) is 80.8 Å². The molecule has 3 aromatic rings. The van der Waals surface area contributed by atoms with Crippen molar-refractivity contribution in [3.05, 3.63) is 65.0 Å². The average molecular weight is 696 g/mol. The van der Waals surface area contributed by atoms with Crippen molar-refractivity contribution in [3.8, 4) is 17.2 Å². The predicted octanol–water partition coefficient (Wildman–Crippen LogP) is 3.54. The first-order valence-electron chi connectivity index (χ1n) is 17.1.